The number of halogens is 2. The Bertz CT molecular complexity index is 458. The Kier molecular flexibility index (Phi) is 4.68. The highest BCUT2D eigenvalue weighted by molar-refractivity contribution is 9.09. The molecule has 1 aromatic carbocycles. The van der Waals surface area contributed by atoms with Gasteiger partial charge in [-0.25, -0.2) is 9.37 Å². The Labute approximate surface area is 113 Å². The molecule has 1 atom stereocenters. The lowest BCUT2D eigenvalue weighted by Gasteiger charge is -2.12. The summed E-state index contributed by atoms with van der Waals surface area (Å²) in [6.07, 6.45) is 3.65. The van der Waals surface area contributed by atoms with Crippen LogP contribution in [0.25, 0.3) is 0 Å². The number of thiazole rings is 1. The average Bonchev–Trinajstić information content (AvgIpc) is 2.81. The first-order valence-electron chi connectivity index (χ1n) is 5.46. The molecule has 17 heavy (non-hydrogen) atoms. The highest BCUT2D eigenvalue weighted by atomic mass is 79.9. The summed E-state index contributed by atoms with van der Waals surface area (Å²) in [7, 11) is 0. The van der Waals surface area contributed by atoms with Crippen LogP contribution >= 0.6 is 27.3 Å². The molecule has 0 aliphatic heterocycles. The van der Waals surface area contributed by atoms with E-state index in [1.807, 2.05) is 17.6 Å². The third-order valence-corrected chi connectivity index (χ3v) is 4.30. The molecule has 2 aromatic rings. The van der Waals surface area contributed by atoms with Crippen molar-refractivity contribution < 1.29 is 4.39 Å². The zero-order valence-electron chi connectivity index (χ0n) is 9.27. The molecule has 0 N–H and O–H groups in total. The highest BCUT2D eigenvalue weighted by Gasteiger charge is 2.11. The second-order valence-electron chi connectivity index (χ2n) is 3.98. The Morgan fingerprint density at radius 2 is 2.24 bits per heavy atom. The van der Waals surface area contributed by atoms with Gasteiger partial charge in [0.25, 0.3) is 0 Å². The van der Waals surface area contributed by atoms with Crippen molar-refractivity contribution in [2.45, 2.75) is 12.8 Å². The van der Waals surface area contributed by atoms with Crippen LogP contribution in [-0.4, -0.2) is 10.3 Å². The fourth-order valence-electron chi connectivity index (χ4n) is 1.78. The van der Waals surface area contributed by atoms with Gasteiger partial charge in [0, 0.05) is 23.3 Å². The van der Waals surface area contributed by atoms with Crippen LogP contribution in [0.1, 0.15) is 10.6 Å². The van der Waals surface area contributed by atoms with Crippen LogP contribution in [0.15, 0.2) is 35.8 Å². The van der Waals surface area contributed by atoms with Gasteiger partial charge < -0.3 is 0 Å². The van der Waals surface area contributed by atoms with Gasteiger partial charge in [-0.3, -0.25) is 0 Å². The fourth-order valence-corrected chi connectivity index (χ4v) is 2.97. The fraction of sp³-hybridized carbons (Fsp3) is 0.308. The summed E-state index contributed by atoms with van der Waals surface area (Å²) in [5.74, 6) is 0.299. The molecule has 0 saturated heterocycles. The number of hydrogen-bond acceptors (Lipinski definition) is 2. The van der Waals surface area contributed by atoms with Gasteiger partial charge >= 0.3 is 0 Å². The summed E-state index contributed by atoms with van der Waals surface area (Å²) in [4.78, 5) is 4.29. The van der Waals surface area contributed by atoms with Crippen molar-refractivity contribution in [1.82, 2.24) is 4.98 Å². The minimum absolute atomic E-state index is 0.162. The maximum absolute atomic E-state index is 13.1. The molecular formula is C13H13BrFNS. The number of aromatic nitrogens is 1. The normalized spacial score (nSPS) is 12.6. The summed E-state index contributed by atoms with van der Waals surface area (Å²) in [6, 6.07) is 6.82. The van der Waals surface area contributed by atoms with Crippen molar-refractivity contribution in [3.63, 3.8) is 0 Å². The SMILES string of the molecule is Fc1cccc(CC(CBr)Cc2nccs2)c1. The zero-order valence-corrected chi connectivity index (χ0v) is 11.7. The molecule has 0 fully saturated rings. The number of benzene rings is 1. The second kappa shape index (κ2) is 6.26. The Balaban J connectivity index is 2.00. The van der Waals surface area contributed by atoms with Crippen molar-refractivity contribution in [1.29, 1.82) is 0 Å². The molecule has 2 rings (SSSR count). The van der Waals surface area contributed by atoms with E-state index in [2.05, 4.69) is 20.9 Å². The number of nitrogens with zero attached hydrogens (tertiary/aromatic N) is 1. The van der Waals surface area contributed by atoms with Crippen LogP contribution in [-0.2, 0) is 12.8 Å². The third kappa shape index (κ3) is 3.89. The minimum Gasteiger partial charge on any atom is -0.250 e. The molecule has 0 bridgehead atoms. The largest absolute Gasteiger partial charge is 0.250 e. The molecule has 1 unspecified atom stereocenters. The first-order valence-corrected chi connectivity index (χ1v) is 7.47. The van der Waals surface area contributed by atoms with Crippen LogP contribution < -0.4 is 0 Å². The van der Waals surface area contributed by atoms with E-state index in [0.717, 1.165) is 28.7 Å². The van der Waals surface area contributed by atoms with E-state index in [1.54, 1.807) is 23.5 Å². The topological polar surface area (TPSA) is 12.9 Å². The third-order valence-electron chi connectivity index (χ3n) is 2.58. The van der Waals surface area contributed by atoms with Gasteiger partial charge in [-0.2, -0.15) is 0 Å². The van der Waals surface area contributed by atoms with Gasteiger partial charge in [-0.15, -0.1) is 11.3 Å². The van der Waals surface area contributed by atoms with Gasteiger partial charge in [-0.1, -0.05) is 28.1 Å². The molecule has 0 amide bonds. The molecule has 0 aliphatic carbocycles. The highest BCUT2D eigenvalue weighted by Crippen LogP contribution is 2.18. The predicted molar refractivity (Wildman–Crippen MR) is 73.2 cm³/mol. The van der Waals surface area contributed by atoms with Gasteiger partial charge in [0.1, 0.15) is 5.82 Å². The van der Waals surface area contributed by atoms with E-state index in [9.17, 15) is 4.39 Å². The monoisotopic (exact) mass is 313 g/mol. The number of hydrogen-bond donors (Lipinski definition) is 0. The summed E-state index contributed by atoms with van der Waals surface area (Å²) < 4.78 is 13.1. The average molecular weight is 314 g/mol. The first kappa shape index (κ1) is 12.7. The molecule has 90 valence electrons. The smallest absolute Gasteiger partial charge is 0.123 e. The van der Waals surface area contributed by atoms with E-state index in [4.69, 9.17) is 0 Å². The first-order chi connectivity index (χ1) is 8.28. The molecule has 4 heteroatoms. The van der Waals surface area contributed by atoms with Gasteiger partial charge in [-0.05, 0) is 30.0 Å². The van der Waals surface area contributed by atoms with E-state index in [-0.39, 0.29) is 5.82 Å². The van der Waals surface area contributed by atoms with Crippen LogP contribution in [0.2, 0.25) is 0 Å². The predicted octanol–water partition coefficient (Wildman–Crippen LogP) is 4.08. The van der Waals surface area contributed by atoms with Crippen molar-refractivity contribution in [2.75, 3.05) is 5.33 Å². The van der Waals surface area contributed by atoms with Crippen LogP contribution in [0.5, 0.6) is 0 Å². The molecule has 0 spiro atoms. The van der Waals surface area contributed by atoms with Crippen molar-refractivity contribution >= 4 is 27.3 Å². The summed E-state index contributed by atoms with van der Waals surface area (Å²) in [5.41, 5.74) is 1.05. The van der Waals surface area contributed by atoms with E-state index in [0.29, 0.717) is 5.92 Å². The van der Waals surface area contributed by atoms with Crippen molar-refractivity contribution in [2.24, 2.45) is 5.92 Å². The minimum atomic E-state index is -0.162. The Morgan fingerprint density at radius 3 is 2.88 bits per heavy atom. The van der Waals surface area contributed by atoms with E-state index in [1.165, 1.54) is 6.07 Å². The lowest BCUT2D eigenvalue weighted by atomic mass is 9.98. The van der Waals surface area contributed by atoms with Gasteiger partial charge in [0.15, 0.2) is 0 Å². The zero-order chi connectivity index (χ0) is 12.1. The molecule has 1 heterocycles. The molecule has 0 saturated carbocycles. The number of alkyl halides is 1. The van der Waals surface area contributed by atoms with Crippen LogP contribution in [0, 0.1) is 11.7 Å². The van der Waals surface area contributed by atoms with Crippen LogP contribution in [0.3, 0.4) is 0 Å². The van der Waals surface area contributed by atoms with E-state index < -0.39 is 0 Å². The molecule has 1 aromatic heterocycles. The maximum Gasteiger partial charge on any atom is 0.123 e. The Hall–Kier alpha value is -0.740. The van der Waals surface area contributed by atoms with Gasteiger partial charge in [0.2, 0.25) is 0 Å². The summed E-state index contributed by atoms with van der Waals surface area (Å²) in [5, 5.41) is 4.04. The molecular weight excluding hydrogens is 301 g/mol. The summed E-state index contributed by atoms with van der Waals surface area (Å²) in [6.45, 7) is 0. The lowest BCUT2D eigenvalue weighted by Crippen LogP contribution is -2.09. The standard InChI is InChI=1S/C13H13BrFNS/c14-9-11(8-13-16-4-5-17-13)6-10-2-1-3-12(15)7-10/h1-5,7,11H,6,8-9H2. The molecule has 1 nitrogen and oxygen atoms in total. The quantitative estimate of drug-likeness (QED) is 0.758. The van der Waals surface area contributed by atoms with Gasteiger partial charge in [0.05, 0.1) is 5.01 Å². The maximum atomic E-state index is 13.1. The lowest BCUT2D eigenvalue weighted by molar-refractivity contribution is 0.581. The molecule has 0 aliphatic rings. The van der Waals surface area contributed by atoms with E-state index >= 15 is 0 Å². The van der Waals surface area contributed by atoms with Crippen molar-refractivity contribution in [3.8, 4) is 0 Å². The second-order valence-corrected chi connectivity index (χ2v) is 5.61. The molecule has 0 radical (unpaired) electrons. The summed E-state index contributed by atoms with van der Waals surface area (Å²) >= 11 is 5.20. The Morgan fingerprint density at radius 1 is 1.35 bits per heavy atom. The number of rotatable bonds is 5. The van der Waals surface area contributed by atoms with Crippen LogP contribution in [0.4, 0.5) is 4.39 Å². The van der Waals surface area contributed by atoms with Crippen molar-refractivity contribution in [3.05, 3.63) is 52.2 Å².